The average Bonchev–Trinajstić information content (AvgIpc) is 3.69. The zero-order valence-corrected chi connectivity index (χ0v) is 23.0. The van der Waals surface area contributed by atoms with E-state index in [0.29, 0.717) is 51.5 Å². The van der Waals surface area contributed by atoms with Crippen molar-refractivity contribution in [3.05, 3.63) is 66.5 Å². The Morgan fingerprint density at radius 3 is 2.20 bits per heavy atom. The molecule has 2 fully saturated rings. The van der Waals surface area contributed by atoms with E-state index in [1.807, 2.05) is 36.5 Å². The number of aliphatic imine (C=N–C) groups is 1. The Balaban J connectivity index is 1.23. The van der Waals surface area contributed by atoms with Crippen molar-refractivity contribution in [2.45, 2.75) is 37.8 Å². The fourth-order valence-electron chi connectivity index (χ4n) is 6.02. The molecule has 4 heterocycles. The molecule has 1 N–H and O–H groups in total. The number of nitrogens with zero attached hydrogens (tertiary/aromatic N) is 5. The molecular weight excluding hydrogens is 506 g/mol. The van der Waals surface area contributed by atoms with Crippen molar-refractivity contribution in [1.29, 1.82) is 0 Å². The molecule has 3 aromatic rings. The van der Waals surface area contributed by atoms with Gasteiger partial charge in [-0.05, 0) is 36.0 Å². The Morgan fingerprint density at radius 1 is 1.02 bits per heavy atom. The second kappa shape index (κ2) is 10.6. The van der Waals surface area contributed by atoms with Crippen molar-refractivity contribution >= 4 is 17.6 Å². The fourth-order valence-corrected chi connectivity index (χ4v) is 6.02. The van der Waals surface area contributed by atoms with E-state index in [1.165, 1.54) is 6.92 Å². The van der Waals surface area contributed by atoms with Gasteiger partial charge in [-0.15, -0.1) is 0 Å². The number of aryl methyl sites for hydroxylation is 1. The minimum atomic E-state index is -1.01. The number of aliphatic hydroxyl groups excluding tert-OH is 1. The largest absolute Gasteiger partial charge is 0.384 e. The molecule has 208 valence electrons. The number of ether oxygens (including phenoxy) is 1. The van der Waals surface area contributed by atoms with Gasteiger partial charge in [0.2, 0.25) is 0 Å². The smallest absolute Gasteiger partial charge is 0.256 e. The zero-order valence-electron chi connectivity index (χ0n) is 23.0. The maximum Gasteiger partial charge on any atom is 0.256 e. The van der Waals surface area contributed by atoms with E-state index in [4.69, 9.17) is 9.73 Å². The first-order valence-electron chi connectivity index (χ1n) is 14.0. The number of carbonyl (C=O) groups is 2. The molecule has 1 spiro atoms. The molecule has 0 radical (unpaired) electrons. The first-order chi connectivity index (χ1) is 19.3. The first-order valence-corrected chi connectivity index (χ1v) is 14.0. The number of rotatable bonds is 6. The fraction of sp³-hybridized carbons (Fsp3) is 0.419. The van der Waals surface area contributed by atoms with Crippen molar-refractivity contribution in [3.8, 4) is 22.3 Å². The number of benzene rings is 2. The van der Waals surface area contributed by atoms with E-state index in [0.717, 1.165) is 34.2 Å². The van der Waals surface area contributed by atoms with Gasteiger partial charge in [-0.1, -0.05) is 48.5 Å². The van der Waals surface area contributed by atoms with Crippen molar-refractivity contribution < 1.29 is 19.4 Å². The zero-order chi connectivity index (χ0) is 27.9. The normalized spacial score (nSPS) is 21.2. The van der Waals surface area contributed by atoms with Gasteiger partial charge >= 0.3 is 0 Å². The van der Waals surface area contributed by atoms with Crippen molar-refractivity contribution in [1.82, 2.24) is 19.6 Å². The Kier molecular flexibility index (Phi) is 7.02. The summed E-state index contributed by atoms with van der Waals surface area (Å²) >= 11 is 0. The summed E-state index contributed by atoms with van der Waals surface area (Å²) in [4.78, 5) is 34.8. The van der Waals surface area contributed by atoms with Crippen LogP contribution in [0.15, 0.2) is 65.9 Å². The van der Waals surface area contributed by atoms with E-state index in [2.05, 4.69) is 41.5 Å². The third-order valence-electron chi connectivity index (χ3n) is 8.33. The summed E-state index contributed by atoms with van der Waals surface area (Å²) in [6, 6.07) is 16.7. The van der Waals surface area contributed by atoms with Crippen LogP contribution in [0.5, 0.6) is 0 Å². The number of aliphatic hydroxyl groups is 1. The molecule has 0 bridgehead atoms. The van der Waals surface area contributed by atoms with E-state index >= 15 is 0 Å². The highest BCUT2D eigenvalue weighted by Crippen LogP contribution is 2.36. The monoisotopic (exact) mass is 541 g/mol. The molecule has 2 unspecified atom stereocenters. The van der Waals surface area contributed by atoms with Crippen molar-refractivity contribution in [2.24, 2.45) is 18.0 Å². The van der Waals surface area contributed by atoms with Crippen LogP contribution in [0.4, 0.5) is 0 Å². The molecule has 40 heavy (non-hydrogen) atoms. The second-order valence-electron chi connectivity index (χ2n) is 11.2. The number of amidine groups is 1. The maximum absolute atomic E-state index is 13.8. The SMILES string of the molecule is CC(O)C(=O)N1CCC(CN2C(=O)C3(CCOCC3)N=C2c2ccc(-c3ccc(-c4cnn(C)c4)cc3)cc2)C1. The number of likely N-dealkylation sites (tertiary alicyclic amines) is 1. The molecule has 0 saturated carbocycles. The summed E-state index contributed by atoms with van der Waals surface area (Å²) in [5.74, 6) is 0.602. The van der Waals surface area contributed by atoms with E-state index in [9.17, 15) is 14.7 Å². The van der Waals surface area contributed by atoms with E-state index < -0.39 is 11.6 Å². The van der Waals surface area contributed by atoms with Crippen molar-refractivity contribution in [3.63, 3.8) is 0 Å². The Morgan fingerprint density at radius 2 is 1.62 bits per heavy atom. The van der Waals surface area contributed by atoms with Gasteiger partial charge < -0.3 is 14.7 Å². The van der Waals surface area contributed by atoms with E-state index in [-0.39, 0.29) is 17.7 Å². The molecule has 2 atom stereocenters. The summed E-state index contributed by atoms with van der Waals surface area (Å²) in [6.45, 7) is 4.16. The number of aromatic nitrogens is 2. The van der Waals surface area contributed by atoms with Gasteiger partial charge in [-0.25, -0.2) is 0 Å². The molecule has 2 amide bonds. The van der Waals surface area contributed by atoms with Gasteiger partial charge in [0.25, 0.3) is 11.8 Å². The lowest BCUT2D eigenvalue weighted by Gasteiger charge is -2.30. The number of hydrogen-bond acceptors (Lipinski definition) is 6. The van der Waals surface area contributed by atoms with Gasteiger partial charge in [0.1, 0.15) is 17.5 Å². The molecule has 1 aromatic heterocycles. The first kappa shape index (κ1) is 26.4. The number of carbonyl (C=O) groups excluding carboxylic acids is 2. The van der Waals surface area contributed by atoms with Gasteiger partial charge in [-0.2, -0.15) is 5.10 Å². The molecule has 3 aliphatic heterocycles. The van der Waals surface area contributed by atoms with Crippen LogP contribution in [0, 0.1) is 5.92 Å². The molecule has 2 aromatic carbocycles. The van der Waals surface area contributed by atoms with Crippen LogP contribution in [0.1, 0.15) is 31.7 Å². The molecule has 0 aliphatic carbocycles. The molecule has 2 saturated heterocycles. The predicted octanol–water partition coefficient (Wildman–Crippen LogP) is 3.12. The van der Waals surface area contributed by atoms with Crippen LogP contribution < -0.4 is 0 Å². The van der Waals surface area contributed by atoms with Crippen LogP contribution in [-0.4, -0.2) is 86.8 Å². The van der Waals surface area contributed by atoms with Gasteiger partial charge in [0.05, 0.1) is 6.20 Å². The Bertz CT molecular complexity index is 1420. The van der Waals surface area contributed by atoms with Crippen LogP contribution in [-0.2, 0) is 21.4 Å². The predicted molar refractivity (Wildman–Crippen MR) is 151 cm³/mol. The topological polar surface area (TPSA) is 100 Å². The van der Waals surface area contributed by atoms with Gasteiger partial charge in [0.15, 0.2) is 0 Å². The molecule has 9 heteroatoms. The molecule has 9 nitrogen and oxygen atoms in total. The number of hydrogen-bond donors (Lipinski definition) is 1. The quantitative estimate of drug-likeness (QED) is 0.517. The Hall–Kier alpha value is -3.82. The highest BCUT2D eigenvalue weighted by molar-refractivity contribution is 6.15. The summed E-state index contributed by atoms with van der Waals surface area (Å²) in [6.07, 6.45) is 4.78. The minimum Gasteiger partial charge on any atom is -0.384 e. The van der Waals surface area contributed by atoms with Gasteiger partial charge in [-0.3, -0.25) is 24.2 Å². The van der Waals surface area contributed by atoms with E-state index in [1.54, 1.807) is 9.58 Å². The van der Waals surface area contributed by atoms with Crippen LogP contribution in [0.2, 0.25) is 0 Å². The van der Waals surface area contributed by atoms with Gasteiger partial charge in [0, 0.05) is 70.1 Å². The lowest BCUT2D eigenvalue weighted by Crippen LogP contribution is -2.47. The van der Waals surface area contributed by atoms with Crippen LogP contribution in [0.25, 0.3) is 22.3 Å². The summed E-state index contributed by atoms with van der Waals surface area (Å²) < 4.78 is 7.36. The van der Waals surface area contributed by atoms with Crippen LogP contribution >= 0.6 is 0 Å². The molecular formula is C31H35N5O4. The average molecular weight is 542 g/mol. The lowest BCUT2D eigenvalue weighted by molar-refractivity contribution is -0.138. The number of amides is 2. The Labute approximate surface area is 234 Å². The highest BCUT2D eigenvalue weighted by atomic mass is 16.5. The summed E-state index contributed by atoms with van der Waals surface area (Å²) in [5, 5.41) is 14.0. The maximum atomic E-state index is 13.8. The summed E-state index contributed by atoms with van der Waals surface area (Å²) in [7, 11) is 1.91. The van der Waals surface area contributed by atoms with Crippen LogP contribution in [0.3, 0.4) is 0 Å². The third-order valence-corrected chi connectivity index (χ3v) is 8.33. The summed E-state index contributed by atoms with van der Waals surface area (Å²) in [5.41, 5.74) is 4.52. The van der Waals surface area contributed by atoms with Crippen molar-refractivity contribution in [2.75, 3.05) is 32.8 Å². The molecule has 3 aliphatic rings. The highest BCUT2D eigenvalue weighted by Gasteiger charge is 2.50. The minimum absolute atomic E-state index is 0.0289. The third kappa shape index (κ3) is 4.95. The standard InChI is InChI=1S/C31H35N5O4/c1-21(37)29(38)35-14-11-22(18-35)19-36-28(33-31(30(36)39)12-15-40-16-13-31)26-9-7-24(8-10-26)23-3-5-25(6-4-23)27-17-32-34(2)20-27/h3-10,17,20-22,37H,11-16,18-19H2,1-2H3. The second-order valence-corrected chi connectivity index (χ2v) is 11.2. The lowest BCUT2D eigenvalue weighted by atomic mass is 9.90. The molecule has 6 rings (SSSR count).